The number of fused-ring (bicyclic) bond motifs is 3. The lowest BCUT2D eigenvalue weighted by atomic mass is 9.90. The molecule has 96 valence electrons. The molecule has 2 atom stereocenters. The summed E-state index contributed by atoms with van der Waals surface area (Å²) < 4.78 is 0. The molecule has 0 amide bonds. The second-order valence-corrected chi connectivity index (χ2v) is 5.65. The summed E-state index contributed by atoms with van der Waals surface area (Å²) in [4.78, 5) is 5.22. The van der Waals surface area contributed by atoms with Gasteiger partial charge in [0.1, 0.15) is 0 Å². The summed E-state index contributed by atoms with van der Waals surface area (Å²) in [6.07, 6.45) is 1.30. The van der Waals surface area contributed by atoms with Crippen molar-refractivity contribution in [1.29, 1.82) is 0 Å². The lowest BCUT2D eigenvalue weighted by Gasteiger charge is -2.40. The van der Waals surface area contributed by atoms with Crippen molar-refractivity contribution in [3.05, 3.63) is 23.8 Å². The van der Waals surface area contributed by atoms with Crippen LogP contribution in [0.3, 0.4) is 0 Å². The summed E-state index contributed by atoms with van der Waals surface area (Å²) in [6, 6.07) is 7.65. The van der Waals surface area contributed by atoms with Crippen LogP contribution in [0.2, 0.25) is 0 Å². The van der Waals surface area contributed by atoms with Gasteiger partial charge in [0.2, 0.25) is 0 Å². The molecular weight excluding hydrogens is 222 g/mol. The number of nitrogens with zero attached hydrogens (tertiary/aromatic N) is 2. The predicted octanol–water partition coefficient (Wildman–Crippen LogP) is 1.79. The van der Waals surface area contributed by atoms with Gasteiger partial charge < -0.3 is 15.1 Å². The summed E-state index contributed by atoms with van der Waals surface area (Å²) in [5, 5.41) is 3.57. The quantitative estimate of drug-likeness (QED) is 0.811. The van der Waals surface area contributed by atoms with Crippen LogP contribution in [0.25, 0.3) is 0 Å². The Balaban J connectivity index is 1.86. The van der Waals surface area contributed by atoms with Crippen LogP contribution in [0.1, 0.15) is 24.8 Å². The van der Waals surface area contributed by atoms with Crippen molar-refractivity contribution in [2.75, 3.05) is 42.5 Å². The average molecular weight is 243 g/mol. The number of likely N-dealkylation sites (N-methyl/N-ethyl adjacent to an activating group) is 1. The maximum absolute atomic E-state index is 3.57. The Bertz CT molecular complexity index is 471. The Hall–Kier alpha value is -1.22. The number of para-hydroxylation sites is 1. The van der Waals surface area contributed by atoms with Crippen molar-refractivity contribution in [2.24, 2.45) is 0 Å². The summed E-state index contributed by atoms with van der Waals surface area (Å²) in [5.74, 6) is 0.713. The standard InChI is InChI=1S/C15H21N3/c1-2-17-8-9-18-13-6-7-16-10-12(13)11-4-3-5-14(17)15(11)18/h3-5,12-13,16H,2,6-10H2,1H3/t12-,13?/m0/s1. The van der Waals surface area contributed by atoms with E-state index in [9.17, 15) is 0 Å². The van der Waals surface area contributed by atoms with Gasteiger partial charge in [-0.2, -0.15) is 0 Å². The maximum atomic E-state index is 3.57. The van der Waals surface area contributed by atoms with E-state index in [4.69, 9.17) is 0 Å². The summed E-state index contributed by atoms with van der Waals surface area (Å²) >= 11 is 0. The molecule has 18 heavy (non-hydrogen) atoms. The van der Waals surface area contributed by atoms with E-state index in [-0.39, 0.29) is 0 Å². The molecule has 3 nitrogen and oxygen atoms in total. The van der Waals surface area contributed by atoms with Gasteiger partial charge in [0, 0.05) is 38.1 Å². The molecular formula is C15H21N3. The van der Waals surface area contributed by atoms with Crippen LogP contribution in [0.4, 0.5) is 11.4 Å². The zero-order chi connectivity index (χ0) is 12.1. The number of nitrogens with one attached hydrogen (secondary N) is 1. The molecule has 0 aliphatic carbocycles. The Kier molecular flexibility index (Phi) is 2.31. The van der Waals surface area contributed by atoms with Gasteiger partial charge in [0.15, 0.2) is 0 Å². The fraction of sp³-hybridized carbons (Fsp3) is 0.600. The van der Waals surface area contributed by atoms with Gasteiger partial charge in [0.05, 0.1) is 11.4 Å². The normalized spacial score (nSPS) is 29.2. The van der Waals surface area contributed by atoms with E-state index in [2.05, 4.69) is 40.2 Å². The zero-order valence-electron chi connectivity index (χ0n) is 11.0. The van der Waals surface area contributed by atoms with Gasteiger partial charge >= 0.3 is 0 Å². The first-order chi connectivity index (χ1) is 8.90. The molecule has 3 heterocycles. The molecule has 1 aromatic rings. The van der Waals surface area contributed by atoms with E-state index in [1.165, 1.54) is 31.7 Å². The first kappa shape index (κ1) is 10.7. The number of benzene rings is 1. The number of anilines is 2. The molecule has 0 bridgehead atoms. The highest BCUT2D eigenvalue weighted by atomic mass is 15.3. The van der Waals surface area contributed by atoms with Crippen molar-refractivity contribution in [1.82, 2.24) is 5.32 Å². The molecule has 0 radical (unpaired) electrons. The van der Waals surface area contributed by atoms with Crippen molar-refractivity contribution < 1.29 is 0 Å². The first-order valence-electron chi connectivity index (χ1n) is 7.25. The van der Waals surface area contributed by atoms with Gasteiger partial charge in [0.25, 0.3) is 0 Å². The van der Waals surface area contributed by atoms with Gasteiger partial charge in [-0.15, -0.1) is 0 Å². The third kappa shape index (κ3) is 1.28. The zero-order valence-corrected chi connectivity index (χ0v) is 11.0. The second kappa shape index (κ2) is 3.89. The third-order valence-corrected chi connectivity index (χ3v) is 4.91. The van der Waals surface area contributed by atoms with Crippen molar-refractivity contribution in [3.63, 3.8) is 0 Å². The maximum Gasteiger partial charge on any atom is 0.0644 e. The van der Waals surface area contributed by atoms with Crippen LogP contribution in [0, 0.1) is 0 Å². The molecule has 0 saturated carbocycles. The van der Waals surface area contributed by atoms with Gasteiger partial charge in [-0.05, 0) is 31.5 Å². The lowest BCUT2D eigenvalue weighted by molar-refractivity contribution is 0.402. The van der Waals surface area contributed by atoms with Crippen molar-refractivity contribution in [2.45, 2.75) is 25.3 Å². The highest BCUT2D eigenvalue weighted by molar-refractivity contribution is 5.81. The van der Waals surface area contributed by atoms with E-state index in [1.807, 2.05) is 0 Å². The smallest absolute Gasteiger partial charge is 0.0644 e. The van der Waals surface area contributed by atoms with Gasteiger partial charge in [-0.25, -0.2) is 0 Å². The minimum atomic E-state index is 0.713. The molecule has 1 unspecified atom stereocenters. The molecule has 0 aromatic heterocycles. The first-order valence-corrected chi connectivity index (χ1v) is 7.25. The molecule has 1 saturated heterocycles. The van der Waals surface area contributed by atoms with Crippen LogP contribution in [0.15, 0.2) is 18.2 Å². The number of hydrogen-bond donors (Lipinski definition) is 1. The second-order valence-electron chi connectivity index (χ2n) is 5.65. The van der Waals surface area contributed by atoms with E-state index >= 15 is 0 Å². The highest BCUT2D eigenvalue weighted by Crippen LogP contribution is 2.49. The SMILES string of the molecule is CCN1CCN2c3c(cccc31)[C@@H]1CNCCC12. The largest absolute Gasteiger partial charge is 0.368 e. The molecule has 3 aliphatic heterocycles. The third-order valence-electron chi connectivity index (χ3n) is 4.91. The summed E-state index contributed by atoms with van der Waals surface area (Å²) in [5.41, 5.74) is 4.60. The average Bonchev–Trinajstić information content (AvgIpc) is 2.77. The fourth-order valence-electron chi connectivity index (χ4n) is 4.07. The summed E-state index contributed by atoms with van der Waals surface area (Å²) in [6.45, 7) is 8.11. The minimum Gasteiger partial charge on any atom is -0.368 e. The van der Waals surface area contributed by atoms with Crippen LogP contribution in [-0.2, 0) is 0 Å². The molecule has 1 N–H and O–H groups in total. The molecule has 3 aliphatic rings. The number of hydrogen-bond acceptors (Lipinski definition) is 3. The summed E-state index contributed by atoms with van der Waals surface area (Å²) in [7, 11) is 0. The van der Waals surface area contributed by atoms with E-state index in [0.29, 0.717) is 5.92 Å². The fourth-order valence-corrected chi connectivity index (χ4v) is 4.07. The van der Waals surface area contributed by atoms with E-state index < -0.39 is 0 Å². The molecule has 4 rings (SSSR count). The van der Waals surface area contributed by atoms with Crippen LogP contribution in [-0.4, -0.2) is 38.8 Å². The van der Waals surface area contributed by atoms with Crippen molar-refractivity contribution in [3.8, 4) is 0 Å². The van der Waals surface area contributed by atoms with E-state index in [1.54, 1.807) is 11.3 Å². The minimum absolute atomic E-state index is 0.713. The predicted molar refractivity (Wildman–Crippen MR) is 75.7 cm³/mol. The van der Waals surface area contributed by atoms with Crippen LogP contribution < -0.4 is 15.1 Å². The van der Waals surface area contributed by atoms with Crippen LogP contribution in [0.5, 0.6) is 0 Å². The van der Waals surface area contributed by atoms with Crippen LogP contribution >= 0.6 is 0 Å². The Morgan fingerprint density at radius 1 is 1.33 bits per heavy atom. The van der Waals surface area contributed by atoms with E-state index in [0.717, 1.165) is 19.1 Å². The number of piperidine rings is 1. The highest BCUT2D eigenvalue weighted by Gasteiger charge is 2.42. The molecule has 1 aromatic carbocycles. The van der Waals surface area contributed by atoms with Gasteiger partial charge in [-0.3, -0.25) is 0 Å². The lowest BCUT2D eigenvalue weighted by Crippen LogP contribution is -2.48. The molecule has 0 spiro atoms. The Morgan fingerprint density at radius 3 is 3.17 bits per heavy atom. The topological polar surface area (TPSA) is 18.5 Å². The van der Waals surface area contributed by atoms with Crippen molar-refractivity contribution >= 4 is 11.4 Å². The molecule has 1 fully saturated rings. The monoisotopic (exact) mass is 243 g/mol. The Labute approximate surface area is 109 Å². The Morgan fingerprint density at radius 2 is 2.28 bits per heavy atom. The molecule has 3 heteroatoms. The number of rotatable bonds is 1. The van der Waals surface area contributed by atoms with Gasteiger partial charge in [-0.1, -0.05) is 12.1 Å².